The fraction of sp³-hybridized carbons (Fsp3) is 0.100. The van der Waals surface area contributed by atoms with Crippen LogP contribution in [0.4, 0.5) is 5.82 Å². The average Bonchev–Trinajstić information content (AvgIpc) is 2.52. The number of pyridine rings is 1. The van der Waals surface area contributed by atoms with Crippen LogP contribution in [-0.4, -0.2) is 4.98 Å². The molecule has 72 valence electrons. The van der Waals surface area contributed by atoms with Crippen LogP contribution in [0.15, 0.2) is 33.4 Å². The zero-order chi connectivity index (χ0) is 10.1. The summed E-state index contributed by atoms with van der Waals surface area (Å²) in [6.45, 7) is 1.90. The Labute approximate surface area is 90.1 Å². The van der Waals surface area contributed by atoms with Gasteiger partial charge in [-0.25, -0.2) is 4.98 Å². The maximum Gasteiger partial charge on any atom is 0.149 e. The van der Waals surface area contributed by atoms with Crippen LogP contribution in [0.5, 0.6) is 0 Å². The van der Waals surface area contributed by atoms with E-state index in [2.05, 4.69) is 20.9 Å². The largest absolute Gasteiger partial charge is 0.463 e. The monoisotopic (exact) mass is 252 g/mol. The Balaban J connectivity index is 2.58. The fourth-order valence-corrected chi connectivity index (χ4v) is 1.72. The SMILES string of the molecule is Cc1nc(N)ccc1-c1occc1Br. The second-order valence-electron chi connectivity index (χ2n) is 2.97. The first-order valence-electron chi connectivity index (χ1n) is 4.15. The van der Waals surface area contributed by atoms with Crippen LogP contribution in [0, 0.1) is 6.92 Å². The number of halogens is 1. The molecule has 2 N–H and O–H groups in total. The molecule has 2 rings (SSSR count). The van der Waals surface area contributed by atoms with E-state index in [4.69, 9.17) is 10.2 Å². The number of nitrogens with zero attached hydrogens (tertiary/aromatic N) is 1. The number of nitrogen functional groups attached to an aromatic ring is 1. The lowest BCUT2D eigenvalue weighted by molar-refractivity contribution is 0.580. The standard InChI is InChI=1S/C10H9BrN2O/c1-6-7(2-3-9(12)13-6)10-8(11)4-5-14-10/h2-5H,1H3,(H2,12,13). The highest BCUT2D eigenvalue weighted by atomic mass is 79.9. The summed E-state index contributed by atoms with van der Waals surface area (Å²) in [4.78, 5) is 4.17. The van der Waals surface area contributed by atoms with Crippen molar-refractivity contribution in [2.75, 3.05) is 5.73 Å². The van der Waals surface area contributed by atoms with Gasteiger partial charge in [-0.15, -0.1) is 0 Å². The highest BCUT2D eigenvalue weighted by Crippen LogP contribution is 2.30. The van der Waals surface area contributed by atoms with E-state index in [1.165, 1.54) is 0 Å². The third-order valence-electron chi connectivity index (χ3n) is 1.97. The Kier molecular flexibility index (Phi) is 2.29. The van der Waals surface area contributed by atoms with Crippen molar-refractivity contribution in [2.45, 2.75) is 6.92 Å². The summed E-state index contributed by atoms with van der Waals surface area (Å²) in [5.41, 5.74) is 7.38. The second-order valence-corrected chi connectivity index (χ2v) is 3.82. The molecule has 2 heterocycles. The number of furan rings is 1. The van der Waals surface area contributed by atoms with Crippen LogP contribution >= 0.6 is 15.9 Å². The van der Waals surface area contributed by atoms with Crippen molar-refractivity contribution in [2.24, 2.45) is 0 Å². The smallest absolute Gasteiger partial charge is 0.149 e. The first kappa shape index (κ1) is 9.27. The lowest BCUT2D eigenvalue weighted by atomic mass is 10.1. The molecular weight excluding hydrogens is 244 g/mol. The van der Waals surface area contributed by atoms with Crippen molar-refractivity contribution >= 4 is 21.7 Å². The molecule has 0 saturated carbocycles. The van der Waals surface area contributed by atoms with Crippen molar-refractivity contribution in [1.82, 2.24) is 4.98 Å². The molecule has 0 spiro atoms. The summed E-state index contributed by atoms with van der Waals surface area (Å²) in [6, 6.07) is 5.52. The van der Waals surface area contributed by atoms with E-state index >= 15 is 0 Å². The summed E-state index contributed by atoms with van der Waals surface area (Å²) in [7, 11) is 0. The van der Waals surface area contributed by atoms with Crippen molar-refractivity contribution in [3.05, 3.63) is 34.6 Å². The van der Waals surface area contributed by atoms with Gasteiger partial charge in [0.25, 0.3) is 0 Å². The van der Waals surface area contributed by atoms with Crippen LogP contribution in [0.2, 0.25) is 0 Å². The number of aryl methyl sites for hydroxylation is 1. The molecule has 0 aromatic carbocycles. The Bertz CT molecular complexity index is 465. The minimum atomic E-state index is 0.522. The summed E-state index contributed by atoms with van der Waals surface area (Å²) in [5, 5.41) is 0. The van der Waals surface area contributed by atoms with E-state index < -0.39 is 0 Å². The van der Waals surface area contributed by atoms with E-state index in [1.54, 1.807) is 12.3 Å². The Morgan fingerprint density at radius 1 is 1.36 bits per heavy atom. The van der Waals surface area contributed by atoms with Gasteiger partial charge in [-0.3, -0.25) is 0 Å². The third-order valence-corrected chi connectivity index (χ3v) is 2.59. The summed E-state index contributed by atoms with van der Waals surface area (Å²) >= 11 is 3.40. The van der Waals surface area contributed by atoms with Gasteiger partial charge in [0.1, 0.15) is 11.6 Å². The molecule has 0 aliphatic heterocycles. The van der Waals surface area contributed by atoms with Gasteiger partial charge in [-0.05, 0) is 41.1 Å². The molecule has 14 heavy (non-hydrogen) atoms. The Hall–Kier alpha value is -1.29. The predicted octanol–water partition coefficient (Wildman–Crippen LogP) is 2.99. The summed E-state index contributed by atoms with van der Waals surface area (Å²) in [5.74, 6) is 1.31. The van der Waals surface area contributed by atoms with Gasteiger partial charge in [0.05, 0.1) is 16.4 Å². The lowest BCUT2D eigenvalue weighted by Crippen LogP contribution is -1.93. The quantitative estimate of drug-likeness (QED) is 0.849. The Morgan fingerprint density at radius 2 is 2.14 bits per heavy atom. The molecule has 0 radical (unpaired) electrons. The van der Waals surface area contributed by atoms with Gasteiger partial charge in [0.2, 0.25) is 0 Å². The fourth-order valence-electron chi connectivity index (χ4n) is 1.31. The summed E-state index contributed by atoms with van der Waals surface area (Å²) < 4.78 is 6.27. The van der Waals surface area contributed by atoms with Crippen LogP contribution in [0.25, 0.3) is 11.3 Å². The van der Waals surface area contributed by atoms with Gasteiger partial charge in [0.15, 0.2) is 0 Å². The minimum absolute atomic E-state index is 0.522. The average molecular weight is 253 g/mol. The van der Waals surface area contributed by atoms with Gasteiger partial charge >= 0.3 is 0 Å². The van der Waals surface area contributed by atoms with E-state index in [1.807, 2.05) is 19.1 Å². The summed E-state index contributed by atoms with van der Waals surface area (Å²) in [6.07, 6.45) is 1.63. The third kappa shape index (κ3) is 1.53. The number of nitrogens with two attached hydrogens (primary N) is 1. The second kappa shape index (κ2) is 3.46. The van der Waals surface area contributed by atoms with E-state index in [9.17, 15) is 0 Å². The lowest BCUT2D eigenvalue weighted by Gasteiger charge is -2.03. The molecule has 0 atom stereocenters. The van der Waals surface area contributed by atoms with Gasteiger partial charge in [-0.2, -0.15) is 0 Å². The van der Waals surface area contributed by atoms with E-state index in [-0.39, 0.29) is 0 Å². The molecule has 2 aromatic rings. The Morgan fingerprint density at radius 3 is 2.71 bits per heavy atom. The number of anilines is 1. The molecule has 0 amide bonds. The highest BCUT2D eigenvalue weighted by Gasteiger charge is 2.10. The number of hydrogen-bond acceptors (Lipinski definition) is 3. The van der Waals surface area contributed by atoms with Crippen molar-refractivity contribution < 1.29 is 4.42 Å². The molecule has 0 fully saturated rings. The van der Waals surface area contributed by atoms with Crippen molar-refractivity contribution in [1.29, 1.82) is 0 Å². The molecule has 4 heteroatoms. The molecule has 2 aromatic heterocycles. The van der Waals surface area contributed by atoms with Crippen LogP contribution < -0.4 is 5.73 Å². The normalized spacial score (nSPS) is 10.4. The van der Waals surface area contributed by atoms with Crippen LogP contribution in [-0.2, 0) is 0 Å². The number of rotatable bonds is 1. The molecule has 0 bridgehead atoms. The van der Waals surface area contributed by atoms with Crippen LogP contribution in [0.3, 0.4) is 0 Å². The molecule has 0 aliphatic carbocycles. The van der Waals surface area contributed by atoms with Crippen molar-refractivity contribution in [3.8, 4) is 11.3 Å². The molecule has 0 aliphatic rings. The van der Waals surface area contributed by atoms with Gasteiger partial charge in [-0.1, -0.05) is 0 Å². The molecule has 0 unspecified atom stereocenters. The van der Waals surface area contributed by atoms with Crippen LogP contribution in [0.1, 0.15) is 5.69 Å². The predicted molar refractivity (Wildman–Crippen MR) is 58.8 cm³/mol. The van der Waals surface area contributed by atoms with Crippen molar-refractivity contribution in [3.63, 3.8) is 0 Å². The molecule has 0 saturated heterocycles. The first-order chi connectivity index (χ1) is 6.68. The maximum atomic E-state index is 5.57. The molecule has 3 nitrogen and oxygen atoms in total. The van der Waals surface area contributed by atoms with E-state index in [0.717, 1.165) is 21.5 Å². The zero-order valence-electron chi connectivity index (χ0n) is 7.62. The maximum absolute atomic E-state index is 5.57. The number of hydrogen-bond donors (Lipinski definition) is 1. The van der Waals surface area contributed by atoms with E-state index in [0.29, 0.717) is 5.82 Å². The van der Waals surface area contributed by atoms with Gasteiger partial charge < -0.3 is 10.2 Å². The topological polar surface area (TPSA) is 52.0 Å². The zero-order valence-corrected chi connectivity index (χ0v) is 9.21. The van der Waals surface area contributed by atoms with Gasteiger partial charge in [0, 0.05) is 5.56 Å². The molecular formula is C10H9BrN2O. The highest BCUT2D eigenvalue weighted by molar-refractivity contribution is 9.10. The number of aromatic nitrogens is 1. The minimum Gasteiger partial charge on any atom is -0.463 e. The first-order valence-corrected chi connectivity index (χ1v) is 4.94.